The summed E-state index contributed by atoms with van der Waals surface area (Å²) in [6, 6.07) is 7.64. The van der Waals surface area contributed by atoms with Crippen molar-refractivity contribution in [3.63, 3.8) is 0 Å². The number of para-hydroxylation sites is 1. The van der Waals surface area contributed by atoms with E-state index >= 15 is 0 Å². The largest absolute Gasteiger partial charge is 0.507 e. The number of piperazine rings is 1. The molecule has 15 nitrogen and oxygen atoms in total. The number of carbonyl (C=O) groups excluding carboxylic acids is 3. The van der Waals surface area contributed by atoms with Crippen LogP contribution in [0.5, 0.6) is 5.75 Å². The van der Waals surface area contributed by atoms with Crippen molar-refractivity contribution in [1.29, 1.82) is 0 Å². The standard InChI is InChI=1S/C40H53N9O6/c1-5-55-38(54)32-16-28(50)22-48(32)37(53)34(40(2,3)4)44-36(52)24-12-10-23(11-13-24)25-18-42-39(43-19-25)49-26-14-15-27(49)21-47(20-26)31-17-30(45-46-35(31)41)29-8-6-7-9-33(29)51/h6-9,17-19,23-24,26-28,32,34,50-51H,5,10-16,20-22H2,1-4H3,(H2,41,46)(H,44,52)/t23?,24?,26?,27?,28-,32+,34-/m1/s1. The van der Waals surface area contributed by atoms with Crippen LogP contribution in [0.25, 0.3) is 11.3 Å². The number of aliphatic hydroxyl groups is 1. The van der Waals surface area contributed by atoms with Crippen molar-refractivity contribution in [3.05, 3.63) is 48.3 Å². The SMILES string of the molecule is CCOC(=O)[C@@H]1C[C@@H](O)CN1C(=O)[C@@H](NC(=O)C1CCC(c2cnc(N3C4CCC3CN(c3cc(-c5ccccc5O)nnc3N)C4)nc2)CC1)C(C)(C)C. The third kappa shape index (κ3) is 7.89. The number of aromatic hydroxyl groups is 1. The number of rotatable bonds is 9. The van der Waals surface area contributed by atoms with Crippen LogP contribution in [0, 0.1) is 11.3 Å². The lowest BCUT2D eigenvalue weighted by atomic mass is 9.78. The Bertz CT molecular complexity index is 1870. The highest BCUT2D eigenvalue weighted by Gasteiger charge is 2.46. The van der Waals surface area contributed by atoms with E-state index in [0.717, 1.165) is 50.0 Å². The molecule has 2 bridgehead atoms. The third-order valence-corrected chi connectivity index (χ3v) is 11.8. The molecule has 2 amide bonds. The van der Waals surface area contributed by atoms with Crippen LogP contribution in [0.4, 0.5) is 17.5 Å². The number of esters is 1. The molecule has 3 aromatic rings. The van der Waals surface area contributed by atoms with Crippen LogP contribution >= 0.6 is 0 Å². The normalized spacial score (nSPS) is 25.8. The van der Waals surface area contributed by atoms with Gasteiger partial charge in [-0.05, 0) is 80.5 Å². The first-order valence-corrected chi connectivity index (χ1v) is 19.5. The molecule has 5 atom stereocenters. The van der Waals surface area contributed by atoms with Crippen LogP contribution in [-0.4, -0.2) is 110 Å². The van der Waals surface area contributed by atoms with Gasteiger partial charge in [0.25, 0.3) is 0 Å². The molecule has 2 aromatic heterocycles. The number of aliphatic hydroxyl groups excluding tert-OH is 1. The van der Waals surface area contributed by atoms with Gasteiger partial charge in [-0.2, -0.15) is 0 Å². The predicted molar refractivity (Wildman–Crippen MR) is 206 cm³/mol. The maximum Gasteiger partial charge on any atom is 0.328 e. The molecule has 1 aliphatic carbocycles. The van der Waals surface area contributed by atoms with Gasteiger partial charge in [0.05, 0.1) is 24.1 Å². The van der Waals surface area contributed by atoms with E-state index in [4.69, 9.17) is 20.4 Å². The molecule has 4 fully saturated rings. The van der Waals surface area contributed by atoms with Crippen LogP contribution < -0.4 is 20.9 Å². The predicted octanol–water partition coefficient (Wildman–Crippen LogP) is 3.41. The summed E-state index contributed by atoms with van der Waals surface area (Å²) in [5.74, 6) is 0.104. The number of hydrogen-bond donors (Lipinski definition) is 4. The number of phenolic OH excluding ortho intramolecular Hbond substituents is 1. The number of nitrogens with one attached hydrogen (secondary N) is 1. The lowest BCUT2D eigenvalue weighted by molar-refractivity contribution is -0.155. The Morgan fingerprint density at radius 1 is 0.982 bits per heavy atom. The van der Waals surface area contributed by atoms with E-state index in [1.54, 1.807) is 19.1 Å². The molecule has 0 radical (unpaired) electrons. The molecule has 5 heterocycles. The highest BCUT2D eigenvalue weighted by Crippen LogP contribution is 2.40. The number of amides is 2. The van der Waals surface area contributed by atoms with Gasteiger partial charge in [-0.1, -0.05) is 32.9 Å². The number of carbonyl (C=O) groups is 3. The van der Waals surface area contributed by atoms with Gasteiger partial charge in [0.1, 0.15) is 17.8 Å². The van der Waals surface area contributed by atoms with Crippen molar-refractivity contribution in [2.24, 2.45) is 11.3 Å². The second-order valence-electron chi connectivity index (χ2n) is 16.5. The highest BCUT2D eigenvalue weighted by atomic mass is 16.5. The fourth-order valence-electron chi connectivity index (χ4n) is 8.85. The Balaban J connectivity index is 0.953. The first kappa shape index (κ1) is 38.2. The molecule has 1 aromatic carbocycles. The van der Waals surface area contributed by atoms with Crippen LogP contribution in [0.2, 0.25) is 0 Å². The Hall–Kier alpha value is -5.05. The molecular formula is C40H53N9O6. The number of anilines is 3. The van der Waals surface area contributed by atoms with Gasteiger partial charge < -0.3 is 40.7 Å². The van der Waals surface area contributed by atoms with Crippen molar-refractivity contribution in [2.45, 2.75) is 109 Å². The minimum Gasteiger partial charge on any atom is -0.507 e. The average molecular weight is 756 g/mol. The monoisotopic (exact) mass is 755 g/mol. The number of nitrogens with two attached hydrogens (primary N) is 1. The zero-order chi connectivity index (χ0) is 39.0. The quantitative estimate of drug-likeness (QED) is 0.232. The lowest BCUT2D eigenvalue weighted by Gasteiger charge is -2.42. The van der Waals surface area contributed by atoms with Crippen LogP contribution in [-0.2, 0) is 19.1 Å². The molecule has 4 aliphatic rings. The minimum absolute atomic E-state index is 0.0232. The second-order valence-corrected chi connectivity index (χ2v) is 16.5. The van der Waals surface area contributed by atoms with Gasteiger partial charge in [-0.3, -0.25) is 9.59 Å². The van der Waals surface area contributed by atoms with E-state index in [9.17, 15) is 24.6 Å². The second kappa shape index (κ2) is 15.6. The summed E-state index contributed by atoms with van der Waals surface area (Å²) < 4.78 is 5.17. The summed E-state index contributed by atoms with van der Waals surface area (Å²) in [6.45, 7) is 9.03. The number of fused-ring (bicyclic) bond motifs is 2. The smallest absolute Gasteiger partial charge is 0.328 e. The number of β-amino-alcohol motifs (C(OH)–C–C–N with tert-alkyl or cyclic N) is 1. The number of nitrogen functional groups attached to an aromatic ring is 1. The van der Waals surface area contributed by atoms with Gasteiger partial charge in [0, 0.05) is 62.0 Å². The fourth-order valence-corrected chi connectivity index (χ4v) is 8.85. The summed E-state index contributed by atoms with van der Waals surface area (Å²) in [7, 11) is 0. The van der Waals surface area contributed by atoms with Gasteiger partial charge in [-0.25, -0.2) is 14.8 Å². The zero-order valence-corrected chi connectivity index (χ0v) is 32.1. The maximum absolute atomic E-state index is 13.8. The van der Waals surface area contributed by atoms with Crippen molar-refractivity contribution in [3.8, 4) is 17.0 Å². The molecule has 55 heavy (non-hydrogen) atoms. The van der Waals surface area contributed by atoms with Gasteiger partial charge in [-0.15, -0.1) is 10.2 Å². The molecule has 7 rings (SSSR count). The first-order chi connectivity index (χ1) is 26.3. The van der Waals surface area contributed by atoms with Crippen LogP contribution in [0.1, 0.15) is 84.1 Å². The molecule has 0 spiro atoms. The number of likely N-dealkylation sites (tertiary alicyclic amines) is 1. The number of hydrogen-bond acceptors (Lipinski definition) is 13. The van der Waals surface area contributed by atoms with Crippen molar-refractivity contribution < 1.29 is 29.3 Å². The van der Waals surface area contributed by atoms with Crippen LogP contribution in [0.3, 0.4) is 0 Å². The number of ether oxygens (including phenoxy) is 1. The Kier molecular flexibility index (Phi) is 10.8. The molecule has 3 saturated heterocycles. The highest BCUT2D eigenvalue weighted by molar-refractivity contribution is 5.92. The van der Waals surface area contributed by atoms with Gasteiger partial charge in [0.15, 0.2) is 5.82 Å². The van der Waals surface area contributed by atoms with E-state index in [1.165, 1.54) is 4.90 Å². The Morgan fingerprint density at radius 3 is 2.29 bits per heavy atom. The van der Waals surface area contributed by atoms with E-state index in [2.05, 4.69) is 25.3 Å². The first-order valence-electron chi connectivity index (χ1n) is 19.5. The van der Waals surface area contributed by atoms with Crippen LogP contribution in [0.15, 0.2) is 42.7 Å². The number of phenols is 1. The lowest BCUT2D eigenvalue weighted by Crippen LogP contribution is -2.57. The topological polar surface area (TPSA) is 200 Å². The number of aromatic nitrogens is 4. The third-order valence-electron chi connectivity index (χ3n) is 11.8. The molecular weight excluding hydrogens is 702 g/mol. The van der Waals surface area contributed by atoms with Crippen molar-refractivity contribution >= 4 is 35.2 Å². The van der Waals surface area contributed by atoms with Gasteiger partial charge in [0.2, 0.25) is 17.8 Å². The summed E-state index contributed by atoms with van der Waals surface area (Å²) in [5, 5.41) is 32.2. The maximum atomic E-state index is 13.8. The molecule has 294 valence electrons. The van der Waals surface area contributed by atoms with E-state index in [1.807, 2.05) is 51.4 Å². The summed E-state index contributed by atoms with van der Waals surface area (Å²) in [4.78, 5) is 55.7. The minimum atomic E-state index is -0.873. The molecule has 15 heteroatoms. The van der Waals surface area contributed by atoms with Crippen molar-refractivity contribution in [2.75, 3.05) is 41.8 Å². The summed E-state index contributed by atoms with van der Waals surface area (Å²) in [6.07, 6.45) is 8.11. The number of nitrogens with zero attached hydrogens (tertiary/aromatic N) is 7. The Morgan fingerprint density at radius 2 is 1.65 bits per heavy atom. The number of benzene rings is 1. The molecule has 2 unspecified atom stereocenters. The van der Waals surface area contributed by atoms with E-state index < -0.39 is 29.6 Å². The summed E-state index contributed by atoms with van der Waals surface area (Å²) >= 11 is 0. The fraction of sp³-hybridized carbons (Fsp3) is 0.575. The molecule has 1 saturated carbocycles. The van der Waals surface area contributed by atoms with Crippen molar-refractivity contribution in [1.82, 2.24) is 30.4 Å². The van der Waals surface area contributed by atoms with E-state index in [-0.39, 0.29) is 61.1 Å². The molecule has 5 N–H and O–H groups in total. The summed E-state index contributed by atoms with van der Waals surface area (Å²) in [5.41, 5.74) is 8.75. The molecule has 3 aliphatic heterocycles. The zero-order valence-electron chi connectivity index (χ0n) is 32.1. The van der Waals surface area contributed by atoms with E-state index in [0.29, 0.717) is 35.9 Å². The Labute approximate surface area is 321 Å². The van der Waals surface area contributed by atoms with Gasteiger partial charge >= 0.3 is 5.97 Å². The average Bonchev–Trinajstić information content (AvgIpc) is 3.69.